The molecule has 1 unspecified atom stereocenters. The standard InChI is InChI=1S/C30H41N5O2S/c1-7-9-14-18-30(33-38(36,37)29-19-21(3)22(4)23(5)24(29)6)31-27(25-15-12-11-13-16-25)20-28-26(17-10-8-2)32-34-35(28)30/h11-13,15-16,19-20,31,33H,7-10,14,17-18H2,1-6H3. The van der Waals surface area contributed by atoms with Crippen molar-refractivity contribution in [3.8, 4) is 0 Å². The van der Waals surface area contributed by atoms with Gasteiger partial charge in [0.2, 0.25) is 15.8 Å². The van der Waals surface area contributed by atoms with Crippen LogP contribution >= 0.6 is 0 Å². The summed E-state index contributed by atoms with van der Waals surface area (Å²) in [5.74, 6) is -1.19. The number of hydrogen-bond donors (Lipinski definition) is 2. The quantitative estimate of drug-likeness (QED) is 0.289. The zero-order valence-electron chi connectivity index (χ0n) is 23.6. The van der Waals surface area contributed by atoms with Gasteiger partial charge in [-0.05, 0) is 86.9 Å². The minimum Gasteiger partial charge on any atom is -0.348 e. The lowest BCUT2D eigenvalue weighted by molar-refractivity contribution is 0.170. The van der Waals surface area contributed by atoms with Crippen molar-refractivity contribution in [1.29, 1.82) is 0 Å². The van der Waals surface area contributed by atoms with E-state index in [1.165, 1.54) is 0 Å². The van der Waals surface area contributed by atoms with Crippen molar-refractivity contribution >= 4 is 21.8 Å². The number of aryl methyl sites for hydroxylation is 2. The molecule has 0 radical (unpaired) electrons. The molecule has 0 spiro atoms. The Bertz CT molecular complexity index is 1430. The molecule has 204 valence electrons. The van der Waals surface area contributed by atoms with E-state index in [-0.39, 0.29) is 0 Å². The van der Waals surface area contributed by atoms with Crippen molar-refractivity contribution in [3.63, 3.8) is 0 Å². The maximum absolute atomic E-state index is 14.2. The van der Waals surface area contributed by atoms with Crippen LogP contribution in [0.15, 0.2) is 41.3 Å². The number of benzene rings is 2. The molecule has 1 aliphatic rings. The molecule has 1 aromatic heterocycles. The number of unbranched alkanes of at least 4 members (excludes halogenated alkanes) is 3. The van der Waals surface area contributed by atoms with Gasteiger partial charge >= 0.3 is 0 Å². The first kappa shape index (κ1) is 28.0. The van der Waals surface area contributed by atoms with Crippen LogP contribution in [0.5, 0.6) is 0 Å². The fraction of sp³-hybridized carbons (Fsp3) is 0.467. The van der Waals surface area contributed by atoms with Crippen LogP contribution in [0.2, 0.25) is 0 Å². The van der Waals surface area contributed by atoms with Gasteiger partial charge in [0, 0.05) is 12.1 Å². The van der Waals surface area contributed by atoms with Crippen molar-refractivity contribution in [3.05, 3.63) is 75.6 Å². The average molecular weight is 536 g/mol. The molecular formula is C30H41N5O2S. The summed E-state index contributed by atoms with van der Waals surface area (Å²) in [6.07, 6.45) is 8.22. The summed E-state index contributed by atoms with van der Waals surface area (Å²) in [6.45, 7) is 12.2. The fourth-order valence-electron chi connectivity index (χ4n) is 5.14. The lowest BCUT2D eigenvalue weighted by Gasteiger charge is -2.40. The topological polar surface area (TPSA) is 88.9 Å². The molecule has 0 fully saturated rings. The number of nitrogens with one attached hydrogen (secondary N) is 2. The number of nitrogens with zero attached hydrogens (tertiary/aromatic N) is 3. The third-order valence-corrected chi connectivity index (χ3v) is 9.39. The molecule has 8 heteroatoms. The van der Waals surface area contributed by atoms with Gasteiger partial charge in [-0.2, -0.15) is 4.72 Å². The molecule has 1 aliphatic heterocycles. The lowest BCUT2D eigenvalue weighted by atomic mass is 10.00. The normalized spacial score (nSPS) is 17.2. The fourth-order valence-corrected chi connectivity index (χ4v) is 6.82. The van der Waals surface area contributed by atoms with Crippen LogP contribution < -0.4 is 10.0 Å². The second-order valence-corrected chi connectivity index (χ2v) is 12.1. The van der Waals surface area contributed by atoms with E-state index in [2.05, 4.69) is 40.3 Å². The van der Waals surface area contributed by atoms with Crippen molar-refractivity contribution < 1.29 is 8.42 Å². The molecule has 38 heavy (non-hydrogen) atoms. The highest BCUT2D eigenvalue weighted by molar-refractivity contribution is 7.89. The first-order valence-corrected chi connectivity index (χ1v) is 15.2. The van der Waals surface area contributed by atoms with Gasteiger partial charge in [-0.25, -0.2) is 13.1 Å². The lowest BCUT2D eigenvalue weighted by Crippen LogP contribution is -2.61. The Hall–Kier alpha value is -2.97. The van der Waals surface area contributed by atoms with Crippen molar-refractivity contribution in [1.82, 2.24) is 25.0 Å². The number of aromatic nitrogens is 3. The molecule has 0 saturated carbocycles. The minimum atomic E-state index is -3.93. The van der Waals surface area contributed by atoms with Crippen LogP contribution in [0, 0.1) is 27.7 Å². The van der Waals surface area contributed by atoms with Gasteiger partial charge in [-0.3, -0.25) is 0 Å². The Morgan fingerprint density at radius 3 is 2.34 bits per heavy atom. The monoisotopic (exact) mass is 535 g/mol. The molecule has 0 saturated heterocycles. The smallest absolute Gasteiger partial charge is 0.244 e. The second kappa shape index (κ2) is 11.4. The number of sulfonamides is 1. The van der Waals surface area contributed by atoms with E-state index in [4.69, 9.17) is 0 Å². The highest BCUT2D eigenvalue weighted by atomic mass is 32.2. The van der Waals surface area contributed by atoms with Crippen molar-refractivity contribution in [2.24, 2.45) is 0 Å². The van der Waals surface area contributed by atoms with Gasteiger partial charge in [0.15, 0.2) is 0 Å². The van der Waals surface area contributed by atoms with Gasteiger partial charge < -0.3 is 5.32 Å². The first-order chi connectivity index (χ1) is 18.1. The number of hydrogen-bond acceptors (Lipinski definition) is 5. The van der Waals surface area contributed by atoms with Crippen molar-refractivity contribution in [2.75, 3.05) is 0 Å². The number of rotatable bonds is 11. The highest BCUT2D eigenvalue weighted by Crippen LogP contribution is 2.34. The summed E-state index contributed by atoms with van der Waals surface area (Å²) < 4.78 is 33.2. The predicted octanol–water partition coefficient (Wildman–Crippen LogP) is 6.12. The molecule has 0 aliphatic carbocycles. The van der Waals surface area contributed by atoms with Gasteiger partial charge in [0.25, 0.3) is 0 Å². The molecular weight excluding hydrogens is 494 g/mol. The van der Waals surface area contributed by atoms with E-state index in [1.807, 2.05) is 58.0 Å². The van der Waals surface area contributed by atoms with Crippen LogP contribution in [0.4, 0.5) is 0 Å². The maximum Gasteiger partial charge on any atom is 0.244 e. The van der Waals surface area contributed by atoms with Crippen LogP contribution in [0.3, 0.4) is 0 Å². The number of fused-ring (bicyclic) bond motifs is 1. The molecule has 0 amide bonds. The van der Waals surface area contributed by atoms with Gasteiger partial charge in [0.05, 0.1) is 16.3 Å². The van der Waals surface area contributed by atoms with Crippen LogP contribution in [-0.2, 0) is 22.2 Å². The van der Waals surface area contributed by atoms with Crippen LogP contribution in [0.25, 0.3) is 11.8 Å². The second-order valence-electron chi connectivity index (χ2n) is 10.5. The molecule has 2 heterocycles. The van der Waals surface area contributed by atoms with Gasteiger partial charge in [0.1, 0.15) is 0 Å². The Labute approximate surface area is 227 Å². The zero-order valence-corrected chi connectivity index (χ0v) is 24.4. The van der Waals surface area contributed by atoms with E-state index in [0.717, 1.165) is 83.4 Å². The molecule has 7 nitrogen and oxygen atoms in total. The Morgan fingerprint density at radius 1 is 0.947 bits per heavy atom. The summed E-state index contributed by atoms with van der Waals surface area (Å²) >= 11 is 0. The third-order valence-electron chi connectivity index (χ3n) is 7.78. The molecule has 4 rings (SSSR count). The summed E-state index contributed by atoms with van der Waals surface area (Å²) in [6, 6.07) is 11.8. The van der Waals surface area contributed by atoms with Crippen LogP contribution in [-0.4, -0.2) is 23.4 Å². The Kier molecular flexibility index (Phi) is 8.43. The van der Waals surface area contributed by atoms with E-state index in [9.17, 15) is 8.42 Å². The van der Waals surface area contributed by atoms with E-state index >= 15 is 0 Å². The third kappa shape index (κ3) is 5.43. The average Bonchev–Trinajstić information content (AvgIpc) is 3.32. The summed E-state index contributed by atoms with van der Waals surface area (Å²) in [7, 11) is -3.93. The molecule has 0 bridgehead atoms. The van der Waals surface area contributed by atoms with E-state index in [0.29, 0.717) is 11.3 Å². The summed E-state index contributed by atoms with van der Waals surface area (Å²) in [5, 5.41) is 12.7. The SMILES string of the molecule is CCCCCC1(NS(=O)(=O)c2cc(C)c(C)c(C)c2C)NC(c2ccccc2)=Cc2c(CCCC)nnn21. The molecule has 3 aromatic rings. The summed E-state index contributed by atoms with van der Waals surface area (Å²) in [5.41, 5.74) is 7.41. The highest BCUT2D eigenvalue weighted by Gasteiger charge is 2.43. The summed E-state index contributed by atoms with van der Waals surface area (Å²) in [4.78, 5) is 0.304. The van der Waals surface area contributed by atoms with Gasteiger partial charge in [-0.15, -0.1) is 5.10 Å². The minimum absolute atomic E-state index is 0.304. The Morgan fingerprint density at radius 2 is 1.66 bits per heavy atom. The Balaban J connectivity index is 1.89. The predicted molar refractivity (Wildman–Crippen MR) is 154 cm³/mol. The molecule has 2 aromatic carbocycles. The largest absolute Gasteiger partial charge is 0.348 e. The molecule has 2 N–H and O–H groups in total. The van der Waals surface area contributed by atoms with Crippen molar-refractivity contribution in [2.45, 2.75) is 97.2 Å². The van der Waals surface area contributed by atoms with E-state index < -0.39 is 15.8 Å². The molecule has 1 atom stereocenters. The maximum atomic E-state index is 14.2. The first-order valence-electron chi connectivity index (χ1n) is 13.7. The van der Waals surface area contributed by atoms with Gasteiger partial charge in [-0.1, -0.05) is 68.7 Å². The van der Waals surface area contributed by atoms with E-state index in [1.54, 1.807) is 10.7 Å². The zero-order chi connectivity index (χ0) is 27.5. The van der Waals surface area contributed by atoms with Crippen LogP contribution in [0.1, 0.15) is 91.6 Å².